The third-order valence-electron chi connectivity index (χ3n) is 4.54. The molecule has 5 nitrogen and oxygen atoms in total. The molecule has 1 aliphatic carbocycles. The number of rotatable bonds is 8. The molecule has 3 N–H and O–H groups in total. The van der Waals surface area contributed by atoms with Gasteiger partial charge in [-0.05, 0) is 32.6 Å². The molecule has 0 aromatic heterocycles. The highest BCUT2D eigenvalue weighted by Crippen LogP contribution is 2.24. The Hall–Kier alpha value is -1.10. The molecule has 21 heavy (non-hydrogen) atoms. The van der Waals surface area contributed by atoms with Crippen LogP contribution in [0.2, 0.25) is 0 Å². The van der Waals surface area contributed by atoms with Crippen molar-refractivity contribution < 1.29 is 14.7 Å². The summed E-state index contributed by atoms with van der Waals surface area (Å²) in [5.41, 5.74) is -0.827. The molecular weight excluding hydrogens is 268 g/mol. The van der Waals surface area contributed by atoms with E-state index in [4.69, 9.17) is 0 Å². The quantitative estimate of drug-likeness (QED) is 0.638. The molecule has 1 fully saturated rings. The van der Waals surface area contributed by atoms with E-state index in [-0.39, 0.29) is 36.7 Å². The summed E-state index contributed by atoms with van der Waals surface area (Å²) in [6.07, 6.45) is 5.65. The molecule has 122 valence electrons. The lowest BCUT2D eigenvalue weighted by atomic mass is 9.97. The van der Waals surface area contributed by atoms with Crippen LogP contribution in [-0.2, 0) is 9.59 Å². The highest BCUT2D eigenvalue weighted by molar-refractivity contribution is 5.81. The fraction of sp³-hybridized carbons (Fsp3) is 0.875. The van der Waals surface area contributed by atoms with E-state index in [1.165, 1.54) is 0 Å². The molecule has 0 bridgehead atoms. The largest absolute Gasteiger partial charge is 0.388 e. The van der Waals surface area contributed by atoms with Gasteiger partial charge in [0.05, 0.1) is 5.60 Å². The summed E-state index contributed by atoms with van der Waals surface area (Å²) in [6.45, 7) is 5.92. The zero-order valence-electron chi connectivity index (χ0n) is 13.6. The maximum atomic E-state index is 12.0. The van der Waals surface area contributed by atoms with Crippen molar-refractivity contribution in [2.75, 3.05) is 6.54 Å². The number of carbonyl (C=O) groups is 2. The molecule has 0 heterocycles. The first-order chi connectivity index (χ1) is 9.90. The van der Waals surface area contributed by atoms with Gasteiger partial charge in [-0.2, -0.15) is 0 Å². The minimum Gasteiger partial charge on any atom is -0.388 e. The van der Waals surface area contributed by atoms with E-state index in [2.05, 4.69) is 10.6 Å². The SMILES string of the molecule is CCC(O)(CC)CNC(=O)CC(C)NC(=O)C1CCCC1. The van der Waals surface area contributed by atoms with Gasteiger partial charge >= 0.3 is 0 Å². The van der Waals surface area contributed by atoms with Crippen molar-refractivity contribution >= 4 is 11.8 Å². The minimum atomic E-state index is -0.827. The monoisotopic (exact) mass is 298 g/mol. The van der Waals surface area contributed by atoms with Crippen molar-refractivity contribution in [3.8, 4) is 0 Å². The number of aliphatic hydroxyl groups is 1. The van der Waals surface area contributed by atoms with Gasteiger partial charge in [0.25, 0.3) is 0 Å². The van der Waals surface area contributed by atoms with Gasteiger partial charge in [0, 0.05) is 24.9 Å². The molecule has 0 aromatic rings. The zero-order valence-corrected chi connectivity index (χ0v) is 13.6. The Balaban J connectivity index is 2.28. The van der Waals surface area contributed by atoms with E-state index in [9.17, 15) is 14.7 Å². The normalized spacial score (nSPS) is 17.5. The average Bonchev–Trinajstić information content (AvgIpc) is 2.99. The lowest BCUT2D eigenvalue weighted by Crippen LogP contribution is -2.44. The van der Waals surface area contributed by atoms with Crippen LogP contribution in [0.1, 0.15) is 65.7 Å². The van der Waals surface area contributed by atoms with Crippen molar-refractivity contribution in [2.45, 2.75) is 77.4 Å². The van der Waals surface area contributed by atoms with Gasteiger partial charge in [-0.1, -0.05) is 26.7 Å². The maximum absolute atomic E-state index is 12.0. The Bertz CT molecular complexity index is 347. The van der Waals surface area contributed by atoms with E-state index in [1.807, 2.05) is 20.8 Å². The Morgan fingerprint density at radius 3 is 2.33 bits per heavy atom. The number of hydrogen-bond donors (Lipinski definition) is 3. The molecule has 1 aliphatic rings. The van der Waals surface area contributed by atoms with Crippen LogP contribution in [0.5, 0.6) is 0 Å². The summed E-state index contributed by atoms with van der Waals surface area (Å²) in [5.74, 6) is 0.0711. The molecule has 0 aromatic carbocycles. The fourth-order valence-electron chi connectivity index (χ4n) is 2.71. The third-order valence-corrected chi connectivity index (χ3v) is 4.54. The van der Waals surface area contributed by atoms with Crippen molar-refractivity contribution in [2.24, 2.45) is 5.92 Å². The second-order valence-electron chi connectivity index (χ2n) is 6.30. The van der Waals surface area contributed by atoms with E-state index in [0.717, 1.165) is 25.7 Å². The molecule has 2 amide bonds. The lowest BCUT2D eigenvalue weighted by molar-refractivity contribution is -0.126. The highest BCUT2D eigenvalue weighted by atomic mass is 16.3. The van der Waals surface area contributed by atoms with Gasteiger partial charge in [-0.15, -0.1) is 0 Å². The highest BCUT2D eigenvalue weighted by Gasteiger charge is 2.25. The van der Waals surface area contributed by atoms with Gasteiger partial charge < -0.3 is 15.7 Å². The summed E-state index contributed by atoms with van der Waals surface area (Å²) in [6, 6.07) is -0.172. The maximum Gasteiger partial charge on any atom is 0.223 e. The van der Waals surface area contributed by atoms with Crippen molar-refractivity contribution in [1.82, 2.24) is 10.6 Å². The second-order valence-corrected chi connectivity index (χ2v) is 6.30. The number of hydrogen-bond acceptors (Lipinski definition) is 3. The Morgan fingerprint density at radius 2 is 1.81 bits per heavy atom. The first kappa shape index (κ1) is 18.0. The molecule has 0 spiro atoms. The number of nitrogens with one attached hydrogen (secondary N) is 2. The van der Waals surface area contributed by atoms with Gasteiger partial charge in [0.2, 0.25) is 11.8 Å². The average molecular weight is 298 g/mol. The minimum absolute atomic E-state index is 0.0754. The molecule has 0 saturated heterocycles. The van der Waals surface area contributed by atoms with Crippen LogP contribution >= 0.6 is 0 Å². The van der Waals surface area contributed by atoms with Crippen LogP contribution in [0, 0.1) is 5.92 Å². The Labute approximate surface area is 127 Å². The third kappa shape index (κ3) is 6.04. The predicted molar refractivity (Wildman–Crippen MR) is 82.7 cm³/mol. The molecule has 1 rings (SSSR count). The summed E-state index contributed by atoms with van der Waals surface area (Å²) in [7, 11) is 0. The Kier molecular flexibility index (Phi) is 7.15. The molecule has 0 aliphatic heterocycles. The molecule has 1 unspecified atom stereocenters. The standard InChI is InChI=1S/C16H30N2O3/c1-4-16(21,5-2)11-17-14(19)10-12(3)18-15(20)13-8-6-7-9-13/h12-13,21H,4-11H2,1-3H3,(H,17,19)(H,18,20). The van der Waals surface area contributed by atoms with E-state index in [0.29, 0.717) is 12.8 Å². The molecular formula is C16H30N2O3. The van der Waals surface area contributed by atoms with Crippen LogP contribution in [0.3, 0.4) is 0 Å². The van der Waals surface area contributed by atoms with Crippen LogP contribution in [0.15, 0.2) is 0 Å². The first-order valence-electron chi connectivity index (χ1n) is 8.19. The van der Waals surface area contributed by atoms with Crippen LogP contribution in [0.4, 0.5) is 0 Å². The fourth-order valence-corrected chi connectivity index (χ4v) is 2.71. The van der Waals surface area contributed by atoms with Crippen molar-refractivity contribution in [3.63, 3.8) is 0 Å². The summed E-state index contributed by atoms with van der Waals surface area (Å²) in [5, 5.41) is 15.8. The van der Waals surface area contributed by atoms with Crippen LogP contribution in [0.25, 0.3) is 0 Å². The van der Waals surface area contributed by atoms with E-state index in [1.54, 1.807) is 0 Å². The van der Waals surface area contributed by atoms with Gasteiger partial charge in [-0.3, -0.25) is 9.59 Å². The van der Waals surface area contributed by atoms with Crippen LogP contribution < -0.4 is 10.6 Å². The zero-order chi connectivity index (χ0) is 15.9. The van der Waals surface area contributed by atoms with Gasteiger partial charge in [0.1, 0.15) is 0 Å². The van der Waals surface area contributed by atoms with Crippen molar-refractivity contribution in [3.05, 3.63) is 0 Å². The topological polar surface area (TPSA) is 78.4 Å². The number of amides is 2. The molecule has 5 heteroatoms. The second kappa shape index (κ2) is 8.37. The summed E-state index contributed by atoms with van der Waals surface area (Å²) < 4.78 is 0. The smallest absolute Gasteiger partial charge is 0.223 e. The van der Waals surface area contributed by atoms with E-state index >= 15 is 0 Å². The molecule has 1 saturated carbocycles. The van der Waals surface area contributed by atoms with Gasteiger partial charge in [0.15, 0.2) is 0 Å². The summed E-state index contributed by atoms with van der Waals surface area (Å²) >= 11 is 0. The first-order valence-corrected chi connectivity index (χ1v) is 8.19. The van der Waals surface area contributed by atoms with Gasteiger partial charge in [-0.25, -0.2) is 0 Å². The molecule has 1 atom stereocenters. The lowest BCUT2D eigenvalue weighted by Gasteiger charge is -2.25. The van der Waals surface area contributed by atoms with E-state index < -0.39 is 5.60 Å². The predicted octanol–water partition coefficient (Wildman–Crippen LogP) is 1.74. The van der Waals surface area contributed by atoms with Crippen LogP contribution in [-0.4, -0.2) is 35.1 Å². The summed E-state index contributed by atoms with van der Waals surface area (Å²) in [4.78, 5) is 23.8. The number of carbonyl (C=O) groups excluding carboxylic acids is 2. The molecule has 0 radical (unpaired) electrons. The van der Waals surface area contributed by atoms with Crippen molar-refractivity contribution in [1.29, 1.82) is 0 Å². The Morgan fingerprint density at radius 1 is 1.24 bits per heavy atom.